The number of nitrogens with two attached hydrogens (primary N) is 1. The van der Waals surface area contributed by atoms with E-state index in [0.29, 0.717) is 6.42 Å². The largest absolute Gasteiger partial charge is 0.328 e. The van der Waals surface area contributed by atoms with Crippen LogP contribution in [0.5, 0.6) is 0 Å². The molecule has 0 saturated heterocycles. The third-order valence-electron chi connectivity index (χ3n) is 2.83. The Bertz CT molecular complexity index is 407. The van der Waals surface area contributed by atoms with Crippen LogP contribution < -0.4 is 11.1 Å². The van der Waals surface area contributed by atoms with Gasteiger partial charge in [-0.15, -0.1) is 0 Å². The van der Waals surface area contributed by atoms with E-state index in [1.54, 1.807) is 0 Å². The molecule has 1 amide bonds. The molecule has 0 aliphatic carbocycles. The number of nitrogens with one attached hydrogen (secondary N) is 1. The molecule has 0 spiro atoms. The summed E-state index contributed by atoms with van der Waals surface area (Å²) in [7, 11) is 0. The molecule has 1 atom stereocenters. The van der Waals surface area contributed by atoms with E-state index in [-0.39, 0.29) is 11.9 Å². The lowest BCUT2D eigenvalue weighted by Crippen LogP contribution is -2.17. The van der Waals surface area contributed by atoms with Crippen LogP contribution in [0, 0.1) is 13.8 Å². The average Bonchev–Trinajstić information content (AvgIpc) is 2.22. The van der Waals surface area contributed by atoms with Gasteiger partial charge in [0.25, 0.3) is 0 Å². The highest BCUT2D eigenvalue weighted by molar-refractivity contribution is 9.10. The van der Waals surface area contributed by atoms with Crippen molar-refractivity contribution in [3.05, 3.63) is 27.7 Å². The molecule has 100 valence electrons. The monoisotopic (exact) mass is 312 g/mol. The number of aryl methyl sites for hydroxylation is 2. The predicted molar refractivity (Wildman–Crippen MR) is 79.7 cm³/mol. The summed E-state index contributed by atoms with van der Waals surface area (Å²) in [5.41, 5.74) is 8.72. The maximum absolute atomic E-state index is 11.8. The van der Waals surface area contributed by atoms with Gasteiger partial charge >= 0.3 is 0 Å². The van der Waals surface area contributed by atoms with E-state index in [0.717, 1.165) is 34.1 Å². The van der Waals surface area contributed by atoms with Crippen LogP contribution in [0.25, 0.3) is 0 Å². The smallest absolute Gasteiger partial charge is 0.224 e. The number of carbonyl (C=O) groups is 1. The van der Waals surface area contributed by atoms with Crippen molar-refractivity contribution in [2.75, 3.05) is 5.32 Å². The van der Waals surface area contributed by atoms with Gasteiger partial charge in [-0.1, -0.05) is 15.9 Å². The summed E-state index contributed by atoms with van der Waals surface area (Å²) in [6, 6.07) is 4.17. The summed E-state index contributed by atoms with van der Waals surface area (Å²) in [6.45, 7) is 5.95. The first kappa shape index (κ1) is 15.2. The van der Waals surface area contributed by atoms with Crippen LogP contribution in [0.15, 0.2) is 16.6 Å². The van der Waals surface area contributed by atoms with Crippen molar-refractivity contribution < 1.29 is 4.79 Å². The van der Waals surface area contributed by atoms with Gasteiger partial charge in [0.2, 0.25) is 5.91 Å². The van der Waals surface area contributed by atoms with Crippen LogP contribution in [-0.4, -0.2) is 11.9 Å². The highest BCUT2D eigenvalue weighted by Crippen LogP contribution is 2.25. The zero-order chi connectivity index (χ0) is 13.7. The number of anilines is 1. The Morgan fingerprint density at radius 1 is 1.39 bits per heavy atom. The zero-order valence-corrected chi connectivity index (χ0v) is 12.8. The fourth-order valence-electron chi connectivity index (χ4n) is 1.89. The molecule has 1 unspecified atom stereocenters. The summed E-state index contributed by atoms with van der Waals surface area (Å²) in [6.07, 6.45) is 2.24. The van der Waals surface area contributed by atoms with E-state index in [1.165, 1.54) is 0 Å². The first-order chi connectivity index (χ1) is 8.40. The minimum absolute atomic E-state index is 0.0594. The molecule has 4 heteroatoms. The summed E-state index contributed by atoms with van der Waals surface area (Å²) in [5, 5.41) is 2.98. The SMILES string of the molecule is Cc1cc(Br)cc(C)c1NC(=O)CCCC(C)N. The Morgan fingerprint density at radius 3 is 2.44 bits per heavy atom. The van der Waals surface area contributed by atoms with Gasteiger partial charge in [-0.3, -0.25) is 4.79 Å². The van der Waals surface area contributed by atoms with E-state index in [4.69, 9.17) is 5.73 Å². The molecule has 18 heavy (non-hydrogen) atoms. The zero-order valence-electron chi connectivity index (χ0n) is 11.2. The molecular formula is C14H21BrN2O. The van der Waals surface area contributed by atoms with Gasteiger partial charge in [0.05, 0.1) is 0 Å². The van der Waals surface area contributed by atoms with E-state index >= 15 is 0 Å². The second kappa shape index (κ2) is 6.90. The van der Waals surface area contributed by atoms with Crippen molar-refractivity contribution in [2.24, 2.45) is 5.73 Å². The molecule has 0 heterocycles. The molecule has 0 saturated carbocycles. The van der Waals surface area contributed by atoms with Gasteiger partial charge in [0.15, 0.2) is 0 Å². The molecule has 0 aliphatic rings. The number of carbonyl (C=O) groups excluding carboxylic acids is 1. The second-order valence-corrected chi connectivity index (χ2v) is 5.75. The number of benzene rings is 1. The van der Waals surface area contributed by atoms with E-state index in [1.807, 2.05) is 32.9 Å². The van der Waals surface area contributed by atoms with Gasteiger partial charge < -0.3 is 11.1 Å². The molecule has 0 radical (unpaired) electrons. The number of rotatable bonds is 5. The van der Waals surface area contributed by atoms with E-state index < -0.39 is 0 Å². The van der Waals surface area contributed by atoms with E-state index in [2.05, 4.69) is 21.2 Å². The molecule has 0 bridgehead atoms. The molecule has 3 N–H and O–H groups in total. The molecule has 3 nitrogen and oxygen atoms in total. The normalized spacial score (nSPS) is 12.3. The quantitative estimate of drug-likeness (QED) is 0.874. The van der Waals surface area contributed by atoms with Crippen molar-refractivity contribution in [1.29, 1.82) is 0 Å². The summed E-state index contributed by atoms with van der Waals surface area (Å²) < 4.78 is 1.03. The minimum Gasteiger partial charge on any atom is -0.328 e. The first-order valence-electron chi connectivity index (χ1n) is 6.22. The maximum Gasteiger partial charge on any atom is 0.224 e. The summed E-state index contributed by atoms with van der Waals surface area (Å²) in [4.78, 5) is 11.8. The van der Waals surface area contributed by atoms with Crippen molar-refractivity contribution in [1.82, 2.24) is 0 Å². The fraction of sp³-hybridized carbons (Fsp3) is 0.500. The van der Waals surface area contributed by atoms with E-state index in [9.17, 15) is 4.79 Å². The molecule has 0 aromatic heterocycles. The predicted octanol–water partition coefficient (Wildman–Crippen LogP) is 3.52. The first-order valence-corrected chi connectivity index (χ1v) is 7.01. The Kier molecular flexibility index (Phi) is 5.82. The Balaban J connectivity index is 2.59. The molecular weight excluding hydrogens is 292 g/mol. The topological polar surface area (TPSA) is 55.1 Å². The van der Waals surface area contributed by atoms with Gasteiger partial charge in [-0.2, -0.15) is 0 Å². The molecule has 1 aromatic rings. The van der Waals surface area contributed by atoms with Crippen LogP contribution in [0.1, 0.15) is 37.3 Å². The van der Waals surface area contributed by atoms with Gasteiger partial charge in [-0.25, -0.2) is 0 Å². The van der Waals surface area contributed by atoms with Crippen molar-refractivity contribution in [2.45, 2.75) is 46.1 Å². The van der Waals surface area contributed by atoms with Crippen LogP contribution in [0.4, 0.5) is 5.69 Å². The van der Waals surface area contributed by atoms with Gasteiger partial charge in [0, 0.05) is 22.6 Å². The molecule has 0 fully saturated rings. The number of halogens is 1. The van der Waals surface area contributed by atoms with Crippen LogP contribution in [0.2, 0.25) is 0 Å². The Hall–Kier alpha value is -0.870. The summed E-state index contributed by atoms with van der Waals surface area (Å²) in [5.74, 6) is 0.0594. The summed E-state index contributed by atoms with van der Waals surface area (Å²) >= 11 is 3.44. The van der Waals surface area contributed by atoms with Gasteiger partial charge in [-0.05, 0) is 56.9 Å². The van der Waals surface area contributed by atoms with Crippen molar-refractivity contribution in [3.8, 4) is 0 Å². The second-order valence-electron chi connectivity index (χ2n) is 4.83. The fourth-order valence-corrected chi connectivity index (χ4v) is 2.58. The Morgan fingerprint density at radius 2 is 1.94 bits per heavy atom. The van der Waals surface area contributed by atoms with Crippen LogP contribution in [-0.2, 0) is 4.79 Å². The lowest BCUT2D eigenvalue weighted by atomic mass is 10.1. The third kappa shape index (κ3) is 4.78. The number of hydrogen-bond donors (Lipinski definition) is 2. The maximum atomic E-state index is 11.8. The molecule has 1 rings (SSSR count). The van der Waals surface area contributed by atoms with Crippen LogP contribution >= 0.6 is 15.9 Å². The highest BCUT2D eigenvalue weighted by Gasteiger charge is 2.08. The van der Waals surface area contributed by atoms with Crippen molar-refractivity contribution in [3.63, 3.8) is 0 Å². The number of amides is 1. The molecule has 0 aliphatic heterocycles. The van der Waals surface area contributed by atoms with Gasteiger partial charge in [0.1, 0.15) is 0 Å². The average molecular weight is 313 g/mol. The lowest BCUT2D eigenvalue weighted by Gasteiger charge is -2.12. The van der Waals surface area contributed by atoms with Crippen LogP contribution in [0.3, 0.4) is 0 Å². The van der Waals surface area contributed by atoms with Crippen molar-refractivity contribution >= 4 is 27.5 Å². The standard InChI is InChI=1S/C14H21BrN2O/c1-9-7-12(15)8-10(2)14(9)17-13(18)6-4-5-11(3)16/h7-8,11H,4-6,16H2,1-3H3,(H,17,18). The number of hydrogen-bond acceptors (Lipinski definition) is 2. The molecule has 1 aromatic carbocycles. The lowest BCUT2D eigenvalue weighted by molar-refractivity contribution is -0.116. The highest BCUT2D eigenvalue weighted by atomic mass is 79.9. The minimum atomic E-state index is 0.0594. The Labute approximate surface area is 117 Å². The third-order valence-corrected chi connectivity index (χ3v) is 3.28.